The highest BCUT2D eigenvalue weighted by Gasteiger charge is 2.29. The number of aromatic nitrogens is 2. The van der Waals surface area contributed by atoms with E-state index in [-0.39, 0.29) is 18.1 Å². The Balaban J connectivity index is 1.48. The minimum atomic E-state index is -1.14. The van der Waals surface area contributed by atoms with Gasteiger partial charge in [-0.05, 0) is 69.4 Å². The third-order valence-corrected chi connectivity index (χ3v) is 6.59. The lowest BCUT2D eigenvalue weighted by Crippen LogP contribution is -2.30. The molecule has 1 amide bonds. The molecule has 1 aliphatic rings. The summed E-state index contributed by atoms with van der Waals surface area (Å²) in [6.45, 7) is 3.43. The van der Waals surface area contributed by atoms with Crippen molar-refractivity contribution in [2.45, 2.75) is 45.6 Å². The number of carbonyl (C=O) groups excluding carboxylic acids is 3. The average Bonchev–Trinajstić information content (AvgIpc) is 3.23. The van der Waals surface area contributed by atoms with Crippen LogP contribution in [-0.2, 0) is 27.1 Å². The van der Waals surface area contributed by atoms with Crippen molar-refractivity contribution in [1.82, 2.24) is 9.97 Å². The second-order valence-corrected chi connectivity index (χ2v) is 8.92. The largest absolute Gasteiger partial charge is 0.462 e. The predicted molar refractivity (Wildman–Crippen MR) is 129 cm³/mol. The van der Waals surface area contributed by atoms with Gasteiger partial charge in [0.05, 0.1) is 18.4 Å². The average molecular weight is 496 g/mol. The van der Waals surface area contributed by atoms with Crippen molar-refractivity contribution in [3.8, 4) is 11.6 Å². The van der Waals surface area contributed by atoms with E-state index in [9.17, 15) is 14.4 Å². The van der Waals surface area contributed by atoms with E-state index < -0.39 is 23.9 Å². The summed E-state index contributed by atoms with van der Waals surface area (Å²) >= 11 is 1.37. The topological polar surface area (TPSA) is 117 Å². The number of esters is 2. The zero-order valence-electron chi connectivity index (χ0n) is 19.4. The van der Waals surface area contributed by atoms with Gasteiger partial charge in [-0.2, -0.15) is 0 Å². The van der Waals surface area contributed by atoms with Crippen LogP contribution in [-0.4, -0.2) is 40.5 Å². The Labute approximate surface area is 206 Å². The second kappa shape index (κ2) is 11.1. The van der Waals surface area contributed by atoms with E-state index in [1.165, 1.54) is 36.7 Å². The number of aryl methyl sites for hydroxylation is 1. The molecule has 9 nitrogen and oxygen atoms in total. The third kappa shape index (κ3) is 5.65. The quantitative estimate of drug-likeness (QED) is 0.452. The van der Waals surface area contributed by atoms with E-state index in [0.29, 0.717) is 16.3 Å². The molecule has 3 heterocycles. The molecule has 3 aromatic heterocycles. The molecular formula is C25H25N3O6S. The first-order chi connectivity index (χ1) is 17.0. The van der Waals surface area contributed by atoms with Gasteiger partial charge in [-0.3, -0.25) is 9.78 Å². The summed E-state index contributed by atoms with van der Waals surface area (Å²) in [4.78, 5) is 47.5. The van der Waals surface area contributed by atoms with Crippen LogP contribution in [0.5, 0.6) is 11.6 Å². The maximum Gasteiger partial charge on any atom is 0.344 e. The Kier molecular flexibility index (Phi) is 7.71. The van der Waals surface area contributed by atoms with Gasteiger partial charge in [-0.25, -0.2) is 14.6 Å². The van der Waals surface area contributed by atoms with Gasteiger partial charge in [0, 0.05) is 17.3 Å². The van der Waals surface area contributed by atoms with Crippen molar-refractivity contribution in [3.63, 3.8) is 0 Å². The summed E-state index contributed by atoms with van der Waals surface area (Å²) in [6, 6.07) is 6.43. The molecule has 4 rings (SSSR count). The van der Waals surface area contributed by atoms with Gasteiger partial charge < -0.3 is 19.5 Å². The number of pyridine rings is 2. The van der Waals surface area contributed by atoms with Gasteiger partial charge in [0.15, 0.2) is 6.10 Å². The highest BCUT2D eigenvalue weighted by molar-refractivity contribution is 7.17. The van der Waals surface area contributed by atoms with Crippen LogP contribution in [0.1, 0.15) is 57.8 Å². The molecule has 3 aromatic rings. The fraction of sp³-hybridized carbons (Fsp3) is 0.320. The summed E-state index contributed by atoms with van der Waals surface area (Å²) in [5.74, 6) is -1.34. The van der Waals surface area contributed by atoms with Crippen LogP contribution in [0, 0.1) is 0 Å². The van der Waals surface area contributed by atoms with E-state index in [0.717, 1.165) is 36.1 Å². The smallest absolute Gasteiger partial charge is 0.344 e. The molecule has 0 spiro atoms. The predicted octanol–water partition coefficient (Wildman–Crippen LogP) is 4.57. The minimum Gasteiger partial charge on any atom is -0.462 e. The van der Waals surface area contributed by atoms with Crippen LogP contribution in [0.2, 0.25) is 0 Å². The maximum absolute atomic E-state index is 12.9. The number of thiophene rings is 1. The molecule has 0 saturated carbocycles. The normalized spacial score (nSPS) is 13.3. The van der Waals surface area contributed by atoms with E-state index in [1.54, 1.807) is 31.3 Å². The number of fused-ring (bicyclic) bond motifs is 1. The van der Waals surface area contributed by atoms with Gasteiger partial charge >= 0.3 is 11.9 Å². The minimum absolute atomic E-state index is 0.0358. The van der Waals surface area contributed by atoms with Gasteiger partial charge in [-0.15, -0.1) is 11.3 Å². The Morgan fingerprint density at radius 2 is 1.91 bits per heavy atom. The Hall–Kier alpha value is -3.79. The number of nitrogens with one attached hydrogen (secondary N) is 1. The number of carbonyl (C=O) groups is 3. The fourth-order valence-electron chi connectivity index (χ4n) is 3.71. The van der Waals surface area contributed by atoms with Crippen LogP contribution >= 0.6 is 11.3 Å². The van der Waals surface area contributed by atoms with Crippen LogP contribution in [0.3, 0.4) is 0 Å². The summed E-state index contributed by atoms with van der Waals surface area (Å²) in [6.07, 6.45) is 7.06. The van der Waals surface area contributed by atoms with Gasteiger partial charge in [-0.1, -0.05) is 0 Å². The molecule has 0 saturated heterocycles. The molecule has 0 aromatic carbocycles. The van der Waals surface area contributed by atoms with Gasteiger partial charge in [0.1, 0.15) is 16.3 Å². The Morgan fingerprint density at radius 1 is 1.11 bits per heavy atom. The summed E-state index contributed by atoms with van der Waals surface area (Å²) in [5.41, 5.74) is 1.40. The summed E-state index contributed by atoms with van der Waals surface area (Å²) < 4.78 is 16.3. The highest BCUT2D eigenvalue weighted by atomic mass is 32.1. The molecule has 1 unspecified atom stereocenters. The number of hydrogen-bond donors (Lipinski definition) is 1. The van der Waals surface area contributed by atoms with Crippen molar-refractivity contribution < 1.29 is 28.6 Å². The van der Waals surface area contributed by atoms with Crippen molar-refractivity contribution in [2.24, 2.45) is 0 Å². The molecule has 0 radical (unpaired) electrons. The lowest BCUT2D eigenvalue weighted by Gasteiger charge is -2.15. The Bertz CT molecular complexity index is 1230. The first-order valence-electron chi connectivity index (χ1n) is 11.3. The van der Waals surface area contributed by atoms with Gasteiger partial charge in [0.2, 0.25) is 5.88 Å². The molecule has 0 bridgehead atoms. The molecule has 0 fully saturated rings. The molecule has 1 N–H and O–H groups in total. The monoisotopic (exact) mass is 495 g/mol. The molecule has 35 heavy (non-hydrogen) atoms. The van der Waals surface area contributed by atoms with Crippen LogP contribution in [0.25, 0.3) is 0 Å². The zero-order chi connectivity index (χ0) is 24.8. The van der Waals surface area contributed by atoms with Crippen molar-refractivity contribution in [2.75, 3.05) is 11.9 Å². The third-order valence-electron chi connectivity index (χ3n) is 5.38. The number of rotatable bonds is 8. The number of nitrogens with zero attached hydrogens (tertiary/aromatic N) is 2. The highest BCUT2D eigenvalue weighted by Crippen LogP contribution is 2.38. The zero-order valence-corrected chi connectivity index (χ0v) is 20.2. The van der Waals surface area contributed by atoms with E-state index in [2.05, 4.69) is 15.3 Å². The lowest BCUT2D eigenvalue weighted by molar-refractivity contribution is -0.123. The van der Waals surface area contributed by atoms with E-state index >= 15 is 0 Å². The van der Waals surface area contributed by atoms with Crippen molar-refractivity contribution in [3.05, 3.63) is 64.4 Å². The number of amides is 1. The van der Waals surface area contributed by atoms with Crippen LogP contribution in [0.15, 0.2) is 42.9 Å². The maximum atomic E-state index is 12.9. The van der Waals surface area contributed by atoms with Crippen LogP contribution in [0.4, 0.5) is 5.00 Å². The summed E-state index contributed by atoms with van der Waals surface area (Å²) in [5, 5.41) is 3.19. The molecule has 10 heteroatoms. The first-order valence-corrected chi connectivity index (χ1v) is 12.2. The molecule has 0 aliphatic heterocycles. The molecule has 1 atom stereocenters. The number of hydrogen-bond acceptors (Lipinski definition) is 9. The Morgan fingerprint density at radius 3 is 2.69 bits per heavy atom. The second-order valence-electron chi connectivity index (χ2n) is 7.82. The molecule has 1 aliphatic carbocycles. The lowest BCUT2D eigenvalue weighted by atomic mass is 9.95. The van der Waals surface area contributed by atoms with Crippen molar-refractivity contribution in [1.29, 1.82) is 0 Å². The first kappa shape index (κ1) is 24.3. The SMILES string of the molecule is CCOC(=O)c1c(NC(=O)C(C)OC(=O)c2cccnc2Oc2cccnc2)sc2c1CCCC2. The molecular weight excluding hydrogens is 470 g/mol. The van der Waals surface area contributed by atoms with E-state index in [4.69, 9.17) is 14.2 Å². The number of anilines is 1. The van der Waals surface area contributed by atoms with E-state index in [1.807, 2.05) is 0 Å². The summed E-state index contributed by atoms with van der Waals surface area (Å²) in [7, 11) is 0. The van der Waals surface area contributed by atoms with Gasteiger partial charge in [0.25, 0.3) is 5.91 Å². The number of ether oxygens (including phenoxy) is 3. The van der Waals surface area contributed by atoms with Crippen LogP contribution < -0.4 is 10.1 Å². The van der Waals surface area contributed by atoms with Crippen molar-refractivity contribution >= 4 is 34.2 Å². The molecule has 182 valence electrons. The standard InChI is InChI=1S/C25H25N3O6S/c1-3-32-25(31)20-17-9-4-5-11-19(17)35-23(20)28-21(29)15(2)33-24(30)18-10-7-13-27-22(18)34-16-8-6-12-26-14-16/h6-8,10,12-15H,3-5,9,11H2,1-2H3,(H,28,29). The fourth-order valence-corrected chi connectivity index (χ4v) is 4.99.